The van der Waals surface area contributed by atoms with E-state index < -0.39 is 5.54 Å². The molecule has 0 aliphatic carbocycles. The Bertz CT molecular complexity index is 672. The fourth-order valence-electron chi connectivity index (χ4n) is 2.69. The molecule has 0 aromatic carbocycles. The smallest absolute Gasteiger partial charge is 0.315 e. The number of amides is 2. The monoisotopic (exact) mass is 333 g/mol. The van der Waals surface area contributed by atoms with Crippen molar-refractivity contribution in [3.63, 3.8) is 0 Å². The number of aromatic nitrogens is 3. The van der Waals surface area contributed by atoms with Gasteiger partial charge in [0, 0.05) is 18.3 Å². The van der Waals surface area contributed by atoms with Gasteiger partial charge in [-0.2, -0.15) is 0 Å². The molecule has 2 rings (SSSR count). The highest BCUT2D eigenvalue weighted by molar-refractivity contribution is 5.75. The van der Waals surface area contributed by atoms with Crippen molar-refractivity contribution in [2.45, 2.75) is 58.0 Å². The number of carbonyl (C=O) groups excluding carboxylic acids is 1. The van der Waals surface area contributed by atoms with Crippen molar-refractivity contribution in [1.82, 2.24) is 25.2 Å². The number of rotatable bonds is 8. The molecule has 0 fully saturated rings. The first kappa shape index (κ1) is 18.2. The molecule has 24 heavy (non-hydrogen) atoms. The van der Waals surface area contributed by atoms with Crippen LogP contribution >= 0.6 is 0 Å². The molecule has 7 heteroatoms. The molecular weight excluding hydrogens is 306 g/mol. The van der Waals surface area contributed by atoms with Crippen molar-refractivity contribution in [3.8, 4) is 0 Å². The van der Waals surface area contributed by atoms with Gasteiger partial charge in [-0.3, -0.25) is 4.40 Å². The van der Waals surface area contributed by atoms with Gasteiger partial charge in [0.1, 0.15) is 0 Å². The maximum Gasteiger partial charge on any atom is 0.315 e. The number of carbonyl (C=O) groups is 1. The van der Waals surface area contributed by atoms with Gasteiger partial charge in [-0.1, -0.05) is 26.3 Å². The van der Waals surface area contributed by atoms with E-state index in [-0.39, 0.29) is 18.7 Å². The van der Waals surface area contributed by atoms with Crippen LogP contribution in [0.3, 0.4) is 0 Å². The summed E-state index contributed by atoms with van der Waals surface area (Å²) >= 11 is 0. The third kappa shape index (κ3) is 4.23. The minimum absolute atomic E-state index is 0.0395. The number of aliphatic hydroxyl groups excluding tert-OH is 1. The van der Waals surface area contributed by atoms with Crippen LogP contribution in [-0.4, -0.2) is 37.9 Å². The van der Waals surface area contributed by atoms with E-state index in [1.54, 1.807) is 0 Å². The van der Waals surface area contributed by atoms with E-state index in [1.165, 1.54) is 0 Å². The van der Waals surface area contributed by atoms with Gasteiger partial charge >= 0.3 is 6.03 Å². The molecule has 2 heterocycles. The molecule has 2 unspecified atom stereocenters. The number of fused-ring (bicyclic) bond motifs is 1. The summed E-state index contributed by atoms with van der Waals surface area (Å²) in [5.74, 6) is 0.725. The largest absolute Gasteiger partial charge is 0.396 e. The van der Waals surface area contributed by atoms with Crippen LogP contribution in [0.15, 0.2) is 24.4 Å². The van der Waals surface area contributed by atoms with E-state index in [9.17, 15) is 9.90 Å². The summed E-state index contributed by atoms with van der Waals surface area (Å²) in [4.78, 5) is 12.4. The lowest BCUT2D eigenvalue weighted by Gasteiger charge is -2.30. The molecule has 0 spiro atoms. The predicted molar refractivity (Wildman–Crippen MR) is 92.7 cm³/mol. The zero-order valence-corrected chi connectivity index (χ0v) is 14.6. The average molecular weight is 333 g/mol. The molecule has 0 aliphatic rings. The van der Waals surface area contributed by atoms with Gasteiger partial charge in [0.2, 0.25) is 0 Å². The quantitative estimate of drug-likeness (QED) is 0.692. The Labute approximate surface area is 142 Å². The SMILES string of the molecule is CCCC(NC(=O)NC(C)(CC)CCO)c1nnc2ccccn12. The Morgan fingerprint density at radius 1 is 1.38 bits per heavy atom. The first-order valence-corrected chi connectivity index (χ1v) is 8.52. The molecule has 2 aromatic rings. The highest BCUT2D eigenvalue weighted by atomic mass is 16.3. The molecule has 0 saturated carbocycles. The molecule has 3 N–H and O–H groups in total. The van der Waals surface area contributed by atoms with Crippen LogP contribution in [0, 0.1) is 0 Å². The van der Waals surface area contributed by atoms with Crippen LogP contribution in [0.1, 0.15) is 58.3 Å². The third-order valence-electron chi connectivity index (χ3n) is 4.39. The summed E-state index contributed by atoms with van der Waals surface area (Å²) in [5.41, 5.74) is 0.331. The lowest BCUT2D eigenvalue weighted by Crippen LogP contribution is -2.51. The van der Waals surface area contributed by atoms with Crippen LogP contribution in [0.2, 0.25) is 0 Å². The first-order chi connectivity index (χ1) is 11.5. The summed E-state index contributed by atoms with van der Waals surface area (Å²) in [7, 11) is 0. The predicted octanol–water partition coefficient (Wildman–Crippen LogP) is 2.42. The van der Waals surface area contributed by atoms with Crippen LogP contribution in [0.4, 0.5) is 4.79 Å². The van der Waals surface area contributed by atoms with Crippen LogP contribution in [-0.2, 0) is 0 Å². The molecule has 2 amide bonds. The van der Waals surface area contributed by atoms with Crippen molar-refractivity contribution in [2.75, 3.05) is 6.61 Å². The number of hydrogen-bond donors (Lipinski definition) is 3. The Morgan fingerprint density at radius 2 is 2.17 bits per heavy atom. The van der Waals surface area contributed by atoms with Gasteiger partial charge in [-0.15, -0.1) is 10.2 Å². The van der Waals surface area contributed by atoms with Crippen molar-refractivity contribution < 1.29 is 9.90 Å². The Balaban J connectivity index is 2.15. The fourth-order valence-corrected chi connectivity index (χ4v) is 2.69. The molecule has 0 aliphatic heterocycles. The zero-order valence-electron chi connectivity index (χ0n) is 14.6. The van der Waals surface area contributed by atoms with E-state index in [1.807, 2.05) is 42.6 Å². The number of pyridine rings is 1. The Hall–Kier alpha value is -2.15. The summed E-state index contributed by atoms with van der Waals surface area (Å²) in [5, 5.41) is 23.6. The third-order valence-corrected chi connectivity index (χ3v) is 4.39. The summed E-state index contributed by atoms with van der Waals surface area (Å²) in [6.07, 6.45) is 4.84. The van der Waals surface area contributed by atoms with Crippen molar-refractivity contribution in [2.24, 2.45) is 0 Å². The molecule has 2 aromatic heterocycles. The molecule has 132 valence electrons. The second kappa shape index (κ2) is 8.10. The topological polar surface area (TPSA) is 91.5 Å². The maximum absolute atomic E-state index is 12.4. The van der Waals surface area contributed by atoms with Crippen molar-refractivity contribution >= 4 is 11.7 Å². The highest BCUT2D eigenvalue weighted by Gasteiger charge is 2.26. The van der Waals surface area contributed by atoms with Crippen LogP contribution in [0.5, 0.6) is 0 Å². The lowest BCUT2D eigenvalue weighted by atomic mass is 9.95. The van der Waals surface area contributed by atoms with Gasteiger partial charge in [0.05, 0.1) is 6.04 Å². The lowest BCUT2D eigenvalue weighted by molar-refractivity contribution is 0.198. The highest BCUT2D eigenvalue weighted by Crippen LogP contribution is 2.19. The van der Waals surface area contributed by atoms with Crippen molar-refractivity contribution in [3.05, 3.63) is 30.2 Å². The van der Waals surface area contributed by atoms with E-state index in [4.69, 9.17) is 0 Å². The molecule has 0 saturated heterocycles. The number of aliphatic hydroxyl groups is 1. The normalized spacial score (nSPS) is 15.0. The summed E-state index contributed by atoms with van der Waals surface area (Å²) < 4.78 is 1.90. The minimum Gasteiger partial charge on any atom is -0.396 e. The second-order valence-electron chi connectivity index (χ2n) is 6.31. The van der Waals surface area contributed by atoms with E-state index >= 15 is 0 Å². The fraction of sp³-hybridized carbons (Fsp3) is 0.588. The molecule has 7 nitrogen and oxygen atoms in total. The number of urea groups is 1. The standard InChI is InChI=1S/C17H27N5O2/c1-4-8-13(15-21-20-14-9-6-7-11-22(14)15)18-16(24)19-17(3,5-2)10-12-23/h6-7,9,11,13,23H,4-5,8,10,12H2,1-3H3,(H2,18,19,24). The number of hydrogen-bond acceptors (Lipinski definition) is 4. The second-order valence-corrected chi connectivity index (χ2v) is 6.31. The Morgan fingerprint density at radius 3 is 2.83 bits per heavy atom. The average Bonchev–Trinajstić information content (AvgIpc) is 2.98. The maximum atomic E-state index is 12.4. The molecule has 0 bridgehead atoms. The van der Waals surface area contributed by atoms with Gasteiger partial charge in [-0.05, 0) is 38.3 Å². The Kier molecular flexibility index (Phi) is 6.14. The summed E-state index contributed by atoms with van der Waals surface area (Å²) in [6, 6.07) is 5.24. The summed E-state index contributed by atoms with van der Waals surface area (Å²) in [6.45, 7) is 6.03. The van der Waals surface area contributed by atoms with Gasteiger partial charge in [0.15, 0.2) is 11.5 Å². The minimum atomic E-state index is -0.428. The van der Waals surface area contributed by atoms with E-state index in [0.29, 0.717) is 6.42 Å². The zero-order chi connectivity index (χ0) is 17.6. The van der Waals surface area contributed by atoms with Gasteiger partial charge < -0.3 is 15.7 Å². The van der Waals surface area contributed by atoms with Crippen LogP contribution in [0.25, 0.3) is 5.65 Å². The van der Waals surface area contributed by atoms with Gasteiger partial charge in [0.25, 0.3) is 0 Å². The van der Waals surface area contributed by atoms with Crippen LogP contribution < -0.4 is 10.6 Å². The molecule has 2 atom stereocenters. The molecular formula is C17H27N5O2. The van der Waals surface area contributed by atoms with Gasteiger partial charge in [-0.25, -0.2) is 4.79 Å². The first-order valence-electron chi connectivity index (χ1n) is 8.52. The molecule has 0 radical (unpaired) electrons. The van der Waals surface area contributed by atoms with Crippen molar-refractivity contribution in [1.29, 1.82) is 0 Å². The van der Waals surface area contributed by atoms with E-state index in [2.05, 4.69) is 27.8 Å². The number of nitrogens with one attached hydrogen (secondary N) is 2. The number of nitrogens with zero attached hydrogens (tertiary/aromatic N) is 3. The van der Waals surface area contributed by atoms with E-state index in [0.717, 1.165) is 30.7 Å².